The summed E-state index contributed by atoms with van der Waals surface area (Å²) in [6.07, 6.45) is 0.984. The summed E-state index contributed by atoms with van der Waals surface area (Å²) in [4.78, 5) is 19.4. The lowest BCUT2D eigenvalue weighted by Crippen LogP contribution is -2.29. The van der Waals surface area contributed by atoms with Gasteiger partial charge in [-0.1, -0.05) is 19.1 Å². The Hall–Kier alpha value is -1.72. The third-order valence-corrected chi connectivity index (χ3v) is 4.75. The molecular weight excluding hydrogens is 272 g/mol. The number of carboxylic acids is 1. The predicted molar refractivity (Wildman–Crippen MR) is 79.2 cm³/mol. The third kappa shape index (κ3) is 2.46. The quantitative estimate of drug-likeness (QED) is 0.943. The highest BCUT2D eigenvalue weighted by atomic mass is 32.1. The largest absolute Gasteiger partial charge is 0.478 e. The van der Waals surface area contributed by atoms with Crippen LogP contribution in [0.2, 0.25) is 0 Å². The number of rotatable bonds is 3. The van der Waals surface area contributed by atoms with Crippen LogP contribution in [0.5, 0.6) is 0 Å². The highest BCUT2D eigenvalue weighted by Gasteiger charge is 2.20. The normalized spacial score (nSPS) is 15.1. The Kier molecular flexibility index (Phi) is 3.54. The monoisotopic (exact) mass is 288 g/mol. The van der Waals surface area contributed by atoms with Gasteiger partial charge >= 0.3 is 5.97 Å². The van der Waals surface area contributed by atoms with Crippen molar-refractivity contribution in [2.45, 2.75) is 19.9 Å². The molecule has 0 saturated carbocycles. The lowest BCUT2D eigenvalue weighted by atomic mass is 10.1. The first-order valence-electron chi connectivity index (χ1n) is 6.72. The van der Waals surface area contributed by atoms with E-state index in [2.05, 4.69) is 16.8 Å². The number of fused-ring (bicyclic) bond motifs is 1. The van der Waals surface area contributed by atoms with Crippen molar-refractivity contribution in [3.63, 3.8) is 0 Å². The Labute approximate surface area is 121 Å². The molecule has 0 fully saturated rings. The van der Waals surface area contributed by atoms with Gasteiger partial charge in [-0.15, -0.1) is 11.3 Å². The van der Waals surface area contributed by atoms with Crippen LogP contribution in [0.1, 0.15) is 27.9 Å². The maximum Gasteiger partial charge on any atom is 0.335 e. The number of nitrogens with zero attached hydrogens (tertiary/aromatic N) is 2. The minimum absolute atomic E-state index is 0.311. The molecule has 1 aliphatic heterocycles. The second-order valence-corrected chi connectivity index (χ2v) is 5.98. The van der Waals surface area contributed by atoms with Crippen molar-refractivity contribution >= 4 is 17.3 Å². The van der Waals surface area contributed by atoms with Crippen molar-refractivity contribution in [3.8, 4) is 10.6 Å². The summed E-state index contributed by atoms with van der Waals surface area (Å²) >= 11 is 1.68. The van der Waals surface area contributed by atoms with Gasteiger partial charge in [-0.3, -0.25) is 4.90 Å². The van der Waals surface area contributed by atoms with Crippen molar-refractivity contribution in [2.24, 2.45) is 0 Å². The second-order valence-electron chi connectivity index (χ2n) is 4.89. The highest BCUT2D eigenvalue weighted by molar-refractivity contribution is 7.15. The molecule has 0 bridgehead atoms. The molecule has 0 radical (unpaired) electrons. The van der Waals surface area contributed by atoms with E-state index in [-0.39, 0.29) is 0 Å². The molecule has 0 saturated heterocycles. The fourth-order valence-electron chi connectivity index (χ4n) is 2.43. The molecule has 1 aromatic carbocycles. The molecule has 1 aliphatic rings. The molecule has 104 valence electrons. The molecule has 4 nitrogen and oxygen atoms in total. The van der Waals surface area contributed by atoms with Gasteiger partial charge < -0.3 is 5.11 Å². The number of hydrogen-bond donors (Lipinski definition) is 1. The Balaban J connectivity index is 1.94. The summed E-state index contributed by atoms with van der Waals surface area (Å²) in [5.41, 5.74) is 2.38. The molecule has 2 heterocycles. The van der Waals surface area contributed by atoms with Crippen LogP contribution in [0.25, 0.3) is 10.6 Å². The van der Waals surface area contributed by atoms with Gasteiger partial charge in [-0.2, -0.15) is 0 Å². The highest BCUT2D eigenvalue weighted by Crippen LogP contribution is 2.31. The van der Waals surface area contributed by atoms with Crippen LogP contribution in [-0.4, -0.2) is 34.0 Å². The zero-order valence-electron chi connectivity index (χ0n) is 11.3. The Morgan fingerprint density at radius 3 is 3.10 bits per heavy atom. The van der Waals surface area contributed by atoms with Crippen LogP contribution in [0.3, 0.4) is 0 Å². The maximum atomic E-state index is 11.0. The molecule has 0 aliphatic carbocycles. The van der Waals surface area contributed by atoms with Gasteiger partial charge in [0, 0.05) is 30.0 Å². The Bertz CT molecular complexity index is 651. The number of benzene rings is 1. The molecule has 1 aromatic heterocycles. The maximum absolute atomic E-state index is 11.0. The summed E-state index contributed by atoms with van der Waals surface area (Å²) in [6, 6.07) is 7.01. The fourth-order valence-corrected chi connectivity index (χ4v) is 3.57. The van der Waals surface area contributed by atoms with Gasteiger partial charge in [0.25, 0.3) is 0 Å². The van der Waals surface area contributed by atoms with Crippen LogP contribution >= 0.6 is 11.3 Å². The number of carboxylic acid groups (broad SMARTS) is 1. The molecule has 0 unspecified atom stereocenters. The van der Waals surface area contributed by atoms with Gasteiger partial charge in [-0.05, 0) is 18.7 Å². The molecular formula is C15H16N2O2S. The molecule has 1 N–H and O–H groups in total. The van der Waals surface area contributed by atoms with Crippen LogP contribution in [0.4, 0.5) is 0 Å². The first-order valence-corrected chi connectivity index (χ1v) is 7.53. The van der Waals surface area contributed by atoms with E-state index in [1.54, 1.807) is 29.5 Å². The van der Waals surface area contributed by atoms with E-state index in [0.717, 1.165) is 36.6 Å². The molecule has 0 amide bonds. The van der Waals surface area contributed by atoms with Crippen molar-refractivity contribution in [3.05, 3.63) is 40.4 Å². The molecule has 20 heavy (non-hydrogen) atoms. The predicted octanol–water partition coefficient (Wildman–Crippen LogP) is 2.89. The zero-order chi connectivity index (χ0) is 14.1. The smallest absolute Gasteiger partial charge is 0.335 e. The number of thiazole rings is 1. The average Bonchev–Trinajstić information content (AvgIpc) is 2.90. The van der Waals surface area contributed by atoms with E-state index in [9.17, 15) is 4.79 Å². The van der Waals surface area contributed by atoms with Crippen molar-refractivity contribution in [1.82, 2.24) is 9.88 Å². The summed E-state index contributed by atoms with van der Waals surface area (Å²) in [6.45, 7) is 5.24. The van der Waals surface area contributed by atoms with Crippen LogP contribution in [0.15, 0.2) is 24.3 Å². The fraction of sp³-hybridized carbons (Fsp3) is 0.333. The molecule has 2 aromatic rings. The second kappa shape index (κ2) is 5.34. The van der Waals surface area contributed by atoms with E-state index in [4.69, 9.17) is 5.11 Å². The van der Waals surface area contributed by atoms with E-state index in [1.807, 2.05) is 6.07 Å². The minimum atomic E-state index is -0.898. The topological polar surface area (TPSA) is 53.4 Å². The summed E-state index contributed by atoms with van der Waals surface area (Å²) < 4.78 is 0. The van der Waals surface area contributed by atoms with Crippen molar-refractivity contribution in [2.75, 3.05) is 13.1 Å². The molecule has 5 heteroatoms. The summed E-state index contributed by atoms with van der Waals surface area (Å²) in [5, 5.41) is 9.99. The average molecular weight is 288 g/mol. The molecule has 3 rings (SSSR count). The van der Waals surface area contributed by atoms with Crippen molar-refractivity contribution < 1.29 is 9.90 Å². The number of aromatic nitrogens is 1. The van der Waals surface area contributed by atoms with Crippen LogP contribution in [-0.2, 0) is 13.0 Å². The third-order valence-electron chi connectivity index (χ3n) is 3.61. The standard InChI is InChI=1S/C15H16N2O2S/c1-2-17-7-6-12-13(9-17)20-14(16-12)10-4-3-5-11(8-10)15(18)19/h3-5,8H,2,6-7,9H2,1H3,(H,18,19). The van der Waals surface area contributed by atoms with E-state index in [0.29, 0.717) is 5.56 Å². The van der Waals surface area contributed by atoms with Gasteiger partial charge in [0.1, 0.15) is 5.01 Å². The Morgan fingerprint density at radius 1 is 1.50 bits per heavy atom. The molecule has 0 atom stereocenters. The van der Waals surface area contributed by atoms with E-state index >= 15 is 0 Å². The van der Waals surface area contributed by atoms with Gasteiger partial charge in [-0.25, -0.2) is 9.78 Å². The first kappa shape index (κ1) is 13.3. The zero-order valence-corrected chi connectivity index (χ0v) is 12.1. The lowest BCUT2D eigenvalue weighted by Gasteiger charge is -2.23. The minimum Gasteiger partial charge on any atom is -0.478 e. The number of hydrogen-bond acceptors (Lipinski definition) is 4. The number of aromatic carboxylic acids is 1. The van der Waals surface area contributed by atoms with E-state index in [1.165, 1.54) is 10.6 Å². The number of carbonyl (C=O) groups is 1. The van der Waals surface area contributed by atoms with Gasteiger partial charge in [0.15, 0.2) is 0 Å². The van der Waals surface area contributed by atoms with Crippen molar-refractivity contribution in [1.29, 1.82) is 0 Å². The SMILES string of the molecule is CCN1CCc2nc(-c3cccc(C(=O)O)c3)sc2C1. The summed E-state index contributed by atoms with van der Waals surface area (Å²) in [7, 11) is 0. The van der Waals surface area contributed by atoms with Crippen LogP contribution < -0.4 is 0 Å². The summed E-state index contributed by atoms with van der Waals surface area (Å²) in [5.74, 6) is -0.898. The Morgan fingerprint density at radius 2 is 2.35 bits per heavy atom. The number of likely N-dealkylation sites (N-methyl/N-ethyl adjacent to an activating group) is 1. The lowest BCUT2D eigenvalue weighted by molar-refractivity contribution is 0.0697. The van der Waals surface area contributed by atoms with Crippen LogP contribution in [0, 0.1) is 0 Å². The first-order chi connectivity index (χ1) is 9.67. The van der Waals surface area contributed by atoms with Gasteiger partial charge in [0.05, 0.1) is 11.3 Å². The van der Waals surface area contributed by atoms with E-state index < -0.39 is 5.97 Å². The van der Waals surface area contributed by atoms with Gasteiger partial charge in [0.2, 0.25) is 0 Å². The molecule has 0 spiro atoms.